The molecule has 84 valence electrons. The smallest absolute Gasteiger partial charge is 0.256 e. The zero-order chi connectivity index (χ0) is 12.3. The number of nitrogen functional groups attached to an aromatic ring is 1. The van der Waals surface area contributed by atoms with E-state index in [0.717, 1.165) is 12.3 Å². The van der Waals surface area contributed by atoms with Crippen molar-refractivity contribution in [3.63, 3.8) is 0 Å². The van der Waals surface area contributed by atoms with Gasteiger partial charge >= 0.3 is 0 Å². The van der Waals surface area contributed by atoms with Crippen LogP contribution in [0.3, 0.4) is 0 Å². The summed E-state index contributed by atoms with van der Waals surface area (Å²) >= 11 is 0. The Labute approximate surface area is 93.1 Å². The number of carbonyl (C=O) groups is 1. The maximum absolute atomic E-state index is 12.9. The van der Waals surface area contributed by atoms with E-state index in [2.05, 4.69) is 16.2 Å². The van der Waals surface area contributed by atoms with Gasteiger partial charge in [0.1, 0.15) is 11.6 Å². The molecule has 1 aromatic heterocycles. The highest BCUT2D eigenvalue weighted by atomic mass is 19.1. The molecule has 0 saturated carbocycles. The van der Waals surface area contributed by atoms with Crippen molar-refractivity contribution in [3.05, 3.63) is 23.6 Å². The molecule has 1 aromatic rings. The van der Waals surface area contributed by atoms with E-state index < -0.39 is 17.3 Å². The maximum Gasteiger partial charge on any atom is 0.256 e. The van der Waals surface area contributed by atoms with Crippen LogP contribution in [0.1, 0.15) is 24.2 Å². The normalized spacial score (nSPS) is 10.6. The summed E-state index contributed by atoms with van der Waals surface area (Å²) in [6.45, 7) is 3.29. The van der Waals surface area contributed by atoms with Gasteiger partial charge in [-0.25, -0.2) is 9.37 Å². The van der Waals surface area contributed by atoms with Crippen LogP contribution < -0.4 is 11.1 Å². The topological polar surface area (TPSA) is 68.0 Å². The molecule has 0 aliphatic carbocycles. The molecule has 16 heavy (non-hydrogen) atoms. The van der Waals surface area contributed by atoms with Crippen molar-refractivity contribution in [1.82, 2.24) is 10.3 Å². The second-order valence-corrected chi connectivity index (χ2v) is 3.81. The molecule has 4 nitrogen and oxygen atoms in total. The molecule has 1 rings (SSSR count). The van der Waals surface area contributed by atoms with E-state index in [-0.39, 0.29) is 11.4 Å². The molecular formula is C11H12FN3O. The molecule has 1 amide bonds. The first-order valence-corrected chi connectivity index (χ1v) is 4.57. The van der Waals surface area contributed by atoms with Gasteiger partial charge in [0.05, 0.1) is 17.3 Å². The van der Waals surface area contributed by atoms with Gasteiger partial charge < -0.3 is 11.1 Å². The van der Waals surface area contributed by atoms with Gasteiger partial charge in [0.25, 0.3) is 5.91 Å². The number of anilines is 1. The number of nitrogens with one attached hydrogen (secondary N) is 1. The second-order valence-electron chi connectivity index (χ2n) is 3.81. The highest BCUT2D eigenvalue weighted by Gasteiger charge is 2.20. The number of nitrogens with two attached hydrogens (primary N) is 1. The van der Waals surface area contributed by atoms with Crippen LogP contribution in [0.2, 0.25) is 0 Å². The standard InChI is InChI=1S/C11H12FN3O/c1-4-11(2,3)15-10(16)8-5-7(12)6-14-9(8)13/h1,5-6H,2-3H3,(H2,13,14)(H,15,16). The number of halogens is 1. The molecule has 3 N–H and O–H groups in total. The van der Waals surface area contributed by atoms with Gasteiger partial charge in [-0.15, -0.1) is 6.42 Å². The minimum absolute atomic E-state index is 0.0247. The lowest BCUT2D eigenvalue weighted by Crippen LogP contribution is -2.42. The third kappa shape index (κ3) is 2.70. The number of amides is 1. The number of hydrogen-bond acceptors (Lipinski definition) is 3. The van der Waals surface area contributed by atoms with E-state index in [0.29, 0.717) is 0 Å². The third-order valence-electron chi connectivity index (χ3n) is 1.92. The number of nitrogens with zero attached hydrogens (tertiary/aromatic N) is 1. The molecule has 0 fully saturated rings. The number of rotatable bonds is 2. The van der Waals surface area contributed by atoms with Gasteiger partial charge in [-0.05, 0) is 19.9 Å². The Bertz CT molecular complexity index is 463. The monoisotopic (exact) mass is 221 g/mol. The van der Waals surface area contributed by atoms with Crippen molar-refractivity contribution in [2.45, 2.75) is 19.4 Å². The molecule has 1 heterocycles. The first kappa shape index (κ1) is 12.0. The molecule has 0 unspecified atom stereocenters. The van der Waals surface area contributed by atoms with Gasteiger partial charge in [0.15, 0.2) is 0 Å². The zero-order valence-electron chi connectivity index (χ0n) is 9.04. The molecule has 5 heteroatoms. The average Bonchev–Trinajstić information content (AvgIpc) is 2.21. The van der Waals surface area contributed by atoms with Gasteiger partial charge in [0, 0.05) is 0 Å². The summed E-state index contributed by atoms with van der Waals surface area (Å²) in [5.41, 5.74) is 4.61. The highest BCUT2D eigenvalue weighted by molar-refractivity contribution is 5.98. The Morgan fingerprint density at radius 3 is 2.88 bits per heavy atom. The summed E-state index contributed by atoms with van der Waals surface area (Å²) in [7, 11) is 0. The van der Waals surface area contributed by atoms with Crippen molar-refractivity contribution < 1.29 is 9.18 Å². The number of terminal acetylenes is 1. The summed E-state index contributed by atoms with van der Waals surface area (Å²) in [6, 6.07) is 1.02. The van der Waals surface area contributed by atoms with E-state index in [1.54, 1.807) is 13.8 Å². The summed E-state index contributed by atoms with van der Waals surface area (Å²) < 4.78 is 12.9. The Hall–Kier alpha value is -2.09. The van der Waals surface area contributed by atoms with Crippen LogP contribution in [0, 0.1) is 18.2 Å². The van der Waals surface area contributed by atoms with Crippen LogP contribution in [-0.2, 0) is 0 Å². The first-order chi connectivity index (χ1) is 7.35. The molecule has 0 aliphatic heterocycles. The Kier molecular flexibility index (Phi) is 3.14. The summed E-state index contributed by atoms with van der Waals surface area (Å²) in [4.78, 5) is 15.2. The quantitative estimate of drug-likeness (QED) is 0.730. The van der Waals surface area contributed by atoms with Gasteiger partial charge in [0.2, 0.25) is 0 Å². The number of aromatic nitrogens is 1. The lowest BCUT2D eigenvalue weighted by molar-refractivity contribution is 0.0930. The Balaban J connectivity index is 2.98. The fourth-order valence-corrected chi connectivity index (χ4v) is 1.02. The minimum atomic E-state index is -0.824. The number of hydrogen-bond donors (Lipinski definition) is 2. The first-order valence-electron chi connectivity index (χ1n) is 4.57. The zero-order valence-corrected chi connectivity index (χ0v) is 9.04. The van der Waals surface area contributed by atoms with Crippen molar-refractivity contribution in [2.75, 3.05) is 5.73 Å². The van der Waals surface area contributed by atoms with Crippen LogP contribution in [0.5, 0.6) is 0 Å². The Morgan fingerprint density at radius 1 is 1.69 bits per heavy atom. The van der Waals surface area contributed by atoms with Crippen LogP contribution in [0.15, 0.2) is 12.3 Å². The Morgan fingerprint density at radius 2 is 2.31 bits per heavy atom. The fraction of sp³-hybridized carbons (Fsp3) is 0.273. The van der Waals surface area contributed by atoms with Gasteiger partial charge in [-0.3, -0.25) is 4.79 Å². The third-order valence-corrected chi connectivity index (χ3v) is 1.92. The molecule has 0 aromatic carbocycles. The summed E-state index contributed by atoms with van der Waals surface area (Å²) in [5, 5.41) is 2.53. The molecule has 0 saturated heterocycles. The SMILES string of the molecule is C#CC(C)(C)NC(=O)c1cc(F)cnc1N. The predicted molar refractivity (Wildman–Crippen MR) is 59.0 cm³/mol. The van der Waals surface area contributed by atoms with E-state index in [1.807, 2.05) is 0 Å². The largest absolute Gasteiger partial charge is 0.383 e. The maximum atomic E-state index is 12.9. The van der Waals surface area contributed by atoms with E-state index >= 15 is 0 Å². The van der Waals surface area contributed by atoms with E-state index in [1.165, 1.54) is 0 Å². The van der Waals surface area contributed by atoms with Crippen molar-refractivity contribution in [1.29, 1.82) is 0 Å². The average molecular weight is 221 g/mol. The lowest BCUT2D eigenvalue weighted by atomic mass is 10.1. The molecule has 0 aliphatic rings. The van der Waals surface area contributed by atoms with Gasteiger partial charge in [-0.2, -0.15) is 0 Å². The van der Waals surface area contributed by atoms with Crippen molar-refractivity contribution in [2.24, 2.45) is 0 Å². The predicted octanol–water partition coefficient (Wildman–Crippen LogP) is 0.944. The highest BCUT2D eigenvalue weighted by Crippen LogP contribution is 2.11. The molecule has 0 radical (unpaired) electrons. The second kappa shape index (κ2) is 4.19. The van der Waals surface area contributed by atoms with Crippen molar-refractivity contribution >= 4 is 11.7 Å². The van der Waals surface area contributed by atoms with Crippen molar-refractivity contribution in [3.8, 4) is 12.3 Å². The summed E-state index contributed by atoms with van der Waals surface area (Å²) in [5.74, 6) is 1.18. The number of pyridine rings is 1. The van der Waals surface area contributed by atoms with Crippen LogP contribution >= 0.6 is 0 Å². The molecule has 0 spiro atoms. The number of carbonyl (C=O) groups excluding carboxylic acids is 1. The van der Waals surface area contributed by atoms with Crippen LogP contribution in [0.4, 0.5) is 10.2 Å². The molecular weight excluding hydrogens is 209 g/mol. The minimum Gasteiger partial charge on any atom is -0.383 e. The van der Waals surface area contributed by atoms with Crippen LogP contribution in [0.25, 0.3) is 0 Å². The molecule has 0 atom stereocenters. The van der Waals surface area contributed by atoms with E-state index in [9.17, 15) is 9.18 Å². The van der Waals surface area contributed by atoms with Crippen LogP contribution in [-0.4, -0.2) is 16.4 Å². The fourth-order valence-electron chi connectivity index (χ4n) is 1.02. The summed E-state index contributed by atoms with van der Waals surface area (Å²) in [6.07, 6.45) is 6.16. The lowest BCUT2D eigenvalue weighted by Gasteiger charge is -2.19. The van der Waals surface area contributed by atoms with E-state index in [4.69, 9.17) is 12.2 Å². The molecule has 0 bridgehead atoms. The van der Waals surface area contributed by atoms with Gasteiger partial charge in [-0.1, -0.05) is 5.92 Å².